The lowest BCUT2D eigenvalue weighted by molar-refractivity contribution is -0.870. The Balaban J connectivity index is 3.85. The van der Waals surface area contributed by atoms with E-state index in [4.69, 9.17) is 18.9 Å². The van der Waals surface area contributed by atoms with Crippen LogP contribution in [0.25, 0.3) is 0 Å². The van der Waals surface area contributed by atoms with Crippen LogP contribution in [0.4, 0.5) is 0 Å². The van der Waals surface area contributed by atoms with Crippen LogP contribution in [0.3, 0.4) is 0 Å². The number of nitrogens with zero attached hydrogens (tertiary/aromatic N) is 1. The second-order valence-electron chi connectivity index (χ2n) is 23.1. The molecule has 0 heterocycles. The van der Waals surface area contributed by atoms with Gasteiger partial charge < -0.3 is 28.5 Å². The molecule has 0 bridgehead atoms. The van der Waals surface area contributed by atoms with Crippen LogP contribution in [0.15, 0.2) is 24.3 Å². The molecule has 0 amide bonds. The number of likely N-dealkylation sites (N-methyl/N-ethyl adjacent to an activating group) is 1. The topological polar surface area (TPSA) is 108 Å². The maximum Gasteiger partial charge on any atom is 0.361 e. The predicted molar refractivity (Wildman–Crippen MR) is 314 cm³/mol. The number of rotatable bonds is 60. The Hall–Kier alpha value is -2.23. The Bertz CT molecular complexity index is 1260. The highest BCUT2D eigenvalue weighted by molar-refractivity contribution is 5.71. The average Bonchev–Trinajstić information content (AvgIpc) is 3.37. The van der Waals surface area contributed by atoms with Crippen molar-refractivity contribution in [1.82, 2.24) is 0 Å². The molecule has 0 aromatic carbocycles. The quantitative estimate of drug-likeness (QED) is 0.0211. The summed E-state index contributed by atoms with van der Waals surface area (Å²) >= 11 is 0. The first kappa shape index (κ1) is 71.8. The molecular weight excluding hydrogens is 923 g/mol. The lowest BCUT2D eigenvalue weighted by Gasteiger charge is -2.25. The summed E-state index contributed by atoms with van der Waals surface area (Å²) < 4.78 is 22.8. The zero-order valence-electron chi connectivity index (χ0n) is 49.8. The van der Waals surface area contributed by atoms with Crippen LogP contribution in [0.1, 0.15) is 316 Å². The molecule has 0 aromatic rings. The van der Waals surface area contributed by atoms with Crippen molar-refractivity contribution in [2.24, 2.45) is 0 Å². The van der Waals surface area contributed by atoms with Crippen molar-refractivity contribution in [1.29, 1.82) is 0 Å². The molecule has 1 N–H and O–H groups in total. The molecule has 0 spiro atoms. The number of ether oxygens (including phenoxy) is 4. The second-order valence-corrected chi connectivity index (χ2v) is 23.1. The van der Waals surface area contributed by atoms with Crippen molar-refractivity contribution in [3.63, 3.8) is 0 Å². The number of hydrogen-bond acceptors (Lipinski definition) is 7. The van der Waals surface area contributed by atoms with E-state index in [-0.39, 0.29) is 32.2 Å². The standard InChI is InChI=1S/C65H123NO8/c1-6-8-10-12-14-16-18-19-20-21-22-23-24-25-26-27-28-29-30-31-32-33-34-35-36-37-38-39-40-41-42-43-44-45-46-48-50-52-54-56-63(68)74-61(60-73-65(64(69)70)71-58-57-66(3,4)5)59-72-62(67)55-53-51-49-47-17-15-13-11-9-7-2/h11,13,21-22,61,65H,6-10,12,14-20,23-60H2,1-5H3/p+1/b13-11-,22-21-. The molecular formula is C65H124NO8+. The summed E-state index contributed by atoms with van der Waals surface area (Å²) in [5.41, 5.74) is 0. The molecule has 0 aliphatic carbocycles. The summed E-state index contributed by atoms with van der Waals surface area (Å²) in [7, 11) is 5.97. The fourth-order valence-corrected chi connectivity index (χ4v) is 9.48. The van der Waals surface area contributed by atoms with Gasteiger partial charge in [-0.1, -0.05) is 269 Å². The minimum Gasteiger partial charge on any atom is -0.477 e. The molecule has 0 saturated heterocycles. The fourth-order valence-electron chi connectivity index (χ4n) is 9.48. The lowest BCUT2D eigenvalue weighted by atomic mass is 10.0. The van der Waals surface area contributed by atoms with Crippen LogP contribution >= 0.6 is 0 Å². The zero-order chi connectivity index (χ0) is 54.1. The Morgan fingerprint density at radius 3 is 1.05 bits per heavy atom. The molecule has 436 valence electrons. The summed E-state index contributed by atoms with van der Waals surface area (Å²) in [4.78, 5) is 37.3. The largest absolute Gasteiger partial charge is 0.477 e. The number of carboxylic acids is 1. The third kappa shape index (κ3) is 57.5. The number of unbranched alkanes of at least 4 members (excludes halogenated alkanes) is 41. The number of carboxylic acid groups (broad SMARTS) is 1. The van der Waals surface area contributed by atoms with Crippen LogP contribution < -0.4 is 0 Å². The first-order chi connectivity index (χ1) is 36.1. The third-order valence-electron chi connectivity index (χ3n) is 14.4. The van der Waals surface area contributed by atoms with Crippen molar-refractivity contribution in [3.05, 3.63) is 24.3 Å². The van der Waals surface area contributed by atoms with Gasteiger partial charge in [0.1, 0.15) is 13.2 Å². The van der Waals surface area contributed by atoms with Gasteiger partial charge in [0.15, 0.2) is 6.10 Å². The van der Waals surface area contributed by atoms with Crippen LogP contribution in [0, 0.1) is 0 Å². The molecule has 2 unspecified atom stereocenters. The third-order valence-corrected chi connectivity index (χ3v) is 14.4. The van der Waals surface area contributed by atoms with Gasteiger partial charge in [-0.05, 0) is 57.8 Å². The maximum atomic E-state index is 12.8. The average molecular weight is 1050 g/mol. The van der Waals surface area contributed by atoms with E-state index in [1.54, 1.807) is 0 Å². The molecule has 0 saturated carbocycles. The number of carbonyl (C=O) groups is 3. The predicted octanol–water partition coefficient (Wildman–Crippen LogP) is 19.1. The van der Waals surface area contributed by atoms with Gasteiger partial charge in [0.2, 0.25) is 0 Å². The Morgan fingerprint density at radius 1 is 0.392 bits per heavy atom. The highest BCUT2D eigenvalue weighted by atomic mass is 16.7. The molecule has 0 aromatic heterocycles. The summed E-state index contributed by atoms with van der Waals surface area (Å²) in [5.74, 6) is -2.00. The molecule has 0 fully saturated rings. The summed E-state index contributed by atoms with van der Waals surface area (Å²) in [6.07, 6.45) is 66.1. The number of esters is 2. The molecule has 0 aliphatic heterocycles. The van der Waals surface area contributed by atoms with E-state index in [0.29, 0.717) is 17.4 Å². The van der Waals surface area contributed by atoms with Gasteiger partial charge in [0, 0.05) is 12.8 Å². The van der Waals surface area contributed by atoms with Gasteiger partial charge in [-0.15, -0.1) is 0 Å². The van der Waals surface area contributed by atoms with Crippen LogP contribution in [0.5, 0.6) is 0 Å². The van der Waals surface area contributed by atoms with Crippen LogP contribution in [-0.4, -0.2) is 87.4 Å². The SMILES string of the molecule is CCC/C=C\CCCCCCCC(=O)OCC(COC(OCC[N+](C)(C)C)C(=O)O)OC(=O)CCCCCCCCCCCCCCCCCCCCCCCCCCCCC/C=C\CCCCCCCCCC. The van der Waals surface area contributed by atoms with Crippen LogP contribution in [-0.2, 0) is 33.3 Å². The minimum absolute atomic E-state index is 0.182. The molecule has 2 atom stereocenters. The number of quaternary nitrogens is 1. The Kier molecular flexibility index (Phi) is 55.2. The summed E-state index contributed by atoms with van der Waals surface area (Å²) in [5, 5.41) is 9.67. The lowest BCUT2D eigenvalue weighted by Crippen LogP contribution is -2.40. The van der Waals surface area contributed by atoms with E-state index < -0.39 is 24.3 Å². The number of allylic oxidation sites excluding steroid dienone is 4. The van der Waals surface area contributed by atoms with E-state index in [9.17, 15) is 19.5 Å². The first-order valence-electron chi connectivity index (χ1n) is 32.0. The Morgan fingerprint density at radius 2 is 0.716 bits per heavy atom. The molecule has 9 heteroatoms. The van der Waals surface area contributed by atoms with Gasteiger partial charge in [0.25, 0.3) is 6.29 Å². The fraction of sp³-hybridized carbons (Fsp3) is 0.892. The minimum atomic E-state index is -1.51. The molecule has 0 rings (SSSR count). The number of aliphatic carboxylic acids is 1. The maximum absolute atomic E-state index is 12.8. The van der Waals surface area contributed by atoms with Crippen molar-refractivity contribution in [2.75, 3.05) is 47.5 Å². The summed E-state index contributed by atoms with van der Waals surface area (Å²) in [6.45, 7) is 4.84. The summed E-state index contributed by atoms with van der Waals surface area (Å²) in [6, 6.07) is 0. The van der Waals surface area contributed by atoms with Crippen LogP contribution in [0.2, 0.25) is 0 Å². The van der Waals surface area contributed by atoms with Gasteiger partial charge in [-0.2, -0.15) is 0 Å². The van der Waals surface area contributed by atoms with Crippen molar-refractivity contribution in [2.45, 2.75) is 328 Å². The molecule has 0 radical (unpaired) electrons. The van der Waals surface area contributed by atoms with Crippen molar-refractivity contribution in [3.8, 4) is 0 Å². The molecule has 9 nitrogen and oxygen atoms in total. The monoisotopic (exact) mass is 1050 g/mol. The Labute approximate surface area is 458 Å². The van der Waals surface area contributed by atoms with Gasteiger partial charge in [-0.3, -0.25) is 9.59 Å². The van der Waals surface area contributed by atoms with Crippen molar-refractivity contribution < 1.29 is 42.9 Å². The van der Waals surface area contributed by atoms with E-state index in [1.807, 2.05) is 21.1 Å². The highest BCUT2D eigenvalue weighted by Gasteiger charge is 2.25. The first-order valence-corrected chi connectivity index (χ1v) is 32.0. The second kappa shape index (κ2) is 57.0. The smallest absolute Gasteiger partial charge is 0.361 e. The zero-order valence-corrected chi connectivity index (χ0v) is 49.8. The van der Waals surface area contributed by atoms with Gasteiger partial charge in [-0.25, -0.2) is 4.79 Å². The van der Waals surface area contributed by atoms with Gasteiger partial charge in [0.05, 0.1) is 34.4 Å². The number of carbonyl (C=O) groups excluding carboxylic acids is 2. The van der Waals surface area contributed by atoms with E-state index in [1.165, 1.54) is 225 Å². The number of hydrogen-bond donors (Lipinski definition) is 1. The molecule has 74 heavy (non-hydrogen) atoms. The van der Waals surface area contributed by atoms with E-state index >= 15 is 0 Å². The highest BCUT2D eigenvalue weighted by Crippen LogP contribution is 2.18. The van der Waals surface area contributed by atoms with E-state index in [0.717, 1.165) is 64.2 Å². The molecule has 0 aliphatic rings. The van der Waals surface area contributed by atoms with Gasteiger partial charge >= 0.3 is 17.9 Å². The van der Waals surface area contributed by atoms with E-state index in [2.05, 4.69) is 38.2 Å². The van der Waals surface area contributed by atoms with Crippen molar-refractivity contribution >= 4 is 17.9 Å². The normalized spacial score (nSPS) is 12.8.